The molecule has 0 aliphatic rings. The maximum atomic E-state index is 13.4. The Morgan fingerprint density at radius 1 is 1.18 bits per heavy atom. The van der Waals surface area contributed by atoms with Crippen LogP contribution in [0.3, 0.4) is 0 Å². The molecule has 0 unspecified atom stereocenters. The molecule has 6 heteroatoms. The molecule has 1 heterocycles. The third-order valence-corrected chi connectivity index (χ3v) is 2.97. The summed E-state index contributed by atoms with van der Waals surface area (Å²) in [5, 5.41) is 9.33. The van der Waals surface area contributed by atoms with Gasteiger partial charge >= 0.3 is 0 Å². The molecular formula is C11H7Cl2FN2O. The minimum Gasteiger partial charge on any atom is -0.507 e. The van der Waals surface area contributed by atoms with E-state index < -0.39 is 5.95 Å². The van der Waals surface area contributed by atoms with E-state index in [2.05, 4.69) is 4.98 Å². The van der Waals surface area contributed by atoms with E-state index >= 15 is 0 Å². The summed E-state index contributed by atoms with van der Waals surface area (Å²) in [4.78, 5) is 3.59. The highest BCUT2D eigenvalue weighted by Crippen LogP contribution is 2.39. The average Bonchev–Trinajstić information content (AvgIpc) is 2.32. The highest BCUT2D eigenvalue weighted by Gasteiger charge is 2.18. The molecule has 0 saturated carbocycles. The quantitative estimate of drug-likeness (QED) is 0.782. The highest BCUT2D eigenvalue weighted by molar-refractivity contribution is 6.40. The van der Waals surface area contributed by atoms with E-state index in [0.717, 1.165) is 0 Å². The molecule has 1 aromatic carbocycles. The van der Waals surface area contributed by atoms with Gasteiger partial charge in [0, 0.05) is 5.56 Å². The fourth-order valence-electron chi connectivity index (χ4n) is 1.38. The van der Waals surface area contributed by atoms with Gasteiger partial charge in [0.15, 0.2) is 0 Å². The predicted molar refractivity (Wildman–Crippen MR) is 65.7 cm³/mol. The lowest BCUT2D eigenvalue weighted by molar-refractivity contribution is 0.477. The van der Waals surface area contributed by atoms with Crippen LogP contribution in [0.5, 0.6) is 5.75 Å². The third kappa shape index (κ3) is 2.01. The predicted octanol–water partition coefficient (Wildman–Crippen LogP) is 3.48. The zero-order valence-corrected chi connectivity index (χ0v) is 9.93. The van der Waals surface area contributed by atoms with E-state index in [9.17, 15) is 9.50 Å². The Bertz CT molecular complexity index is 590. The zero-order valence-electron chi connectivity index (χ0n) is 8.42. The molecule has 3 nitrogen and oxygen atoms in total. The topological polar surface area (TPSA) is 59.1 Å². The summed E-state index contributed by atoms with van der Waals surface area (Å²) in [5.74, 6) is -0.991. The normalized spacial score (nSPS) is 10.5. The van der Waals surface area contributed by atoms with Crippen LogP contribution in [-0.4, -0.2) is 10.1 Å². The van der Waals surface area contributed by atoms with Crippen molar-refractivity contribution in [2.75, 3.05) is 5.73 Å². The fraction of sp³-hybridized carbons (Fsp3) is 0. The molecule has 0 aliphatic carbocycles. The lowest BCUT2D eigenvalue weighted by Gasteiger charge is -2.09. The standard InChI is InChI=1S/C11H7Cl2FN2O/c12-7-9(15)8(13)11(14)16-10(7)5-3-1-2-4-6(5)17/h1-4,17H,(H2,15,16). The largest absolute Gasteiger partial charge is 0.507 e. The van der Waals surface area contributed by atoms with Crippen LogP contribution in [0.2, 0.25) is 10.0 Å². The number of benzene rings is 1. The number of nitrogen functional groups attached to an aromatic ring is 1. The second-order valence-electron chi connectivity index (χ2n) is 3.31. The van der Waals surface area contributed by atoms with Gasteiger partial charge in [0.2, 0.25) is 5.95 Å². The van der Waals surface area contributed by atoms with Crippen LogP contribution < -0.4 is 5.73 Å². The Kier molecular flexibility index (Phi) is 3.09. The summed E-state index contributed by atoms with van der Waals surface area (Å²) < 4.78 is 13.4. The zero-order chi connectivity index (χ0) is 12.6. The van der Waals surface area contributed by atoms with Crippen LogP contribution in [-0.2, 0) is 0 Å². The number of aromatic hydroxyl groups is 1. The molecule has 2 aromatic rings. The Morgan fingerprint density at radius 3 is 2.47 bits per heavy atom. The van der Waals surface area contributed by atoms with Crippen molar-refractivity contribution in [2.45, 2.75) is 0 Å². The number of para-hydroxylation sites is 1. The Balaban J connectivity index is 2.73. The van der Waals surface area contributed by atoms with Gasteiger partial charge in [-0.15, -0.1) is 0 Å². The Morgan fingerprint density at radius 2 is 1.82 bits per heavy atom. The summed E-state index contributed by atoms with van der Waals surface area (Å²) >= 11 is 11.5. The van der Waals surface area contributed by atoms with Gasteiger partial charge in [-0.25, -0.2) is 4.98 Å². The Labute approximate surface area is 107 Å². The first kappa shape index (κ1) is 12.0. The molecule has 0 fully saturated rings. The number of anilines is 1. The minimum atomic E-state index is -0.924. The number of hydrogen-bond acceptors (Lipinski definition) is 3. The van der Waals surface area contributed by atoms with Crippen LogP contribution in [0.4, 0.5) is 10.1 Å². The number of rotatable bonds is 1. The van der Waals surface area contributed by atoms with Crippen LogP contribution in [0, 0.1) is 5.95 Å². The maximum Gasteiger partial charge on any atom is 0.234 e. The first-order valence-electron chi connectivity index (χ1n) is 4.60. The number of phenols is 1. The number of nitrogens with zero attached hydrogens (tertiary/aromatic N) is 1. The summed E-state index contributed by atoms with van der Waals surface area (Å²) in [6.07, 6.45) is 0. The molecule has 0 spiro atoms. The molecule has 1 aromatic heterocycles. The summed E-state index contributed by atoms with van der Waals surface area (Å²) in [7, 11) is 0. The van der Waals surface area contributed by atoms with Crippen molar-refractivity contribution in [3.05, 3.63) is 40.3 Å². The first-order valence-corrected chi connectivity index (χ1v) is 5.36. The first-order chi connectivity index (χ1) is 8.02. The van der Waals surface area contributed by atoms with Crippen molar-refractivity contribution < 1.29 is 9.50 Å². The van der Waals surface area contributed by atoms with Crippen molar-refractivity contribution in [2.24, 2.45) is 0 Å². The van der Waals surface area contributed by atoms with Crippen LogP contribution >= 0.6 is 23.2 Å². The molecule has 0 radical (unpaired) electrons. The van der Waals surface area contributed by atoms with Crippen molar-refractivity contribution >= 4 is 28.9 Å². The maximum absolute atomic E-state index is 13.4. The smallest absolute Gasteiger partial charge is 0.234 e. The van der Waals surface area contributed by atoms with Crippen molar-refractivity contribution in [3.8, 4) is 17.0 Å². The number of pyridine rings is 1. The third-order valence-electron chi connectivity index (χ3n) is 2.23. The molecule has 0 saturated heterocycles. The van der Waals surface area contributed by atoms with Gasteiger partial charge < -0.3 is 10.8 Å². The van der Waals surface area contributed by atoms with Crippen molar-refractivity contribution in [3.63, 3.8) is 0 Å². The number of nitrogens with two attached hydrogens (primary N) is 1. The van der Waals surface area contributed by atoms with Gasteiger partial charge in [-0.1, -0.05) is 35.3 Å². The molecular weight excluding hydrogens is 266 g/mol. The monoisotopic (exact) mass is 272 g/mol. The van der Waals surface area contributed by atoms with Gasteiger partial charge in [-0.2, -0.15) is 4.39 Å². The van der Waals surface area contributed by atoms with Gasteiger partial charge in [0.1, 0.15) is 10.8 Å². The molecule has 88 valence electrons. The number of phenolic OH excluding ortho intramolecular Hbond substituents is 1. The van der Waals surface area contributed by atoms with Crippen LogP contribution in [0.25, 0.3) is 11.3 Å². The van der Waals surface area contributed by atoms with E-state index in [4.69, 9.17) is 28.9 Å². The SMILES string of the molecule is Nc1c(Cl)c(F)nc(-c2ccccc2O)c1Cl. The second kappa shape index (κ2) is 4.39. The molecule has 0 amide bonds. The summed E-state index contributed by atoms with van der Waals surface area (Å²) in [5.41, 5.74) is 5.80. The molecule has 0 atom stereocenters. The lowest BCUT2D eigenvalue weighted by atomic mass is 10.1. The van der Waals surface area contributed by atoms with E-state index in [1.54, 1.807) is 18.2 Å². The molecule has 17 heavy (non-hydrogen) atoms. The van der Waals surface area contributed by atoms with E-state index in [-0.39, 0.29) is 27.2 Å². The van der Waals surface area contributed by atoms with Gasteiger partial charge in [-0.3, -0.25) is 0 Å². The van der Waals surface area contributed by atoms with Crippen molar-refractivity contribution in [1.82, 2.24) is 4.98 Å². The summed E-state index contributed by atoms with van der Waals surface area (Å²) in [6, 6.07) is 6.28. The van der Waals surface area contributed by atoms with E-state index in [1.807, 2.05) is 0 Å². The van der Waals surface area contributed by atoms with Crippen molar-refractivity contribution in [1.29, 1.82) is 0 Å². The Hall–Kier alpha value is -1.52. The number of halogens is 3. The number of hydrogen-bond donors (Lipinski definition) is 2. The minimum absolute atomic E-state index is 0.0119. The van der Waals surface area contributed by atoms with Gasteiger partial charge in [0.25, 0.3) is 0 Å². The fourth-order valence-corrected chi connectivity index (χ4v) is 1.81. The molecule has 0 bridgehead atoms. The van der Waals surface area contributed by atoms with Gasteiger partial charge in [0.05, 0.1) is 16.4 Å². The van der Waals surface area contributed by atoms with Crippen LogP contribution in [0.15, 0.2) is 24.3 Å². The highest BCUT2D eigenvalue weighted by atomic mass is 35.5. The number of aromatic nitrogens is 1. The van der Waals surface area contributed by atoms with Gasteiger partial charge in [-0.05, 0) is 12.1 Å². The van der Waals surface area contributed by atoms with E-state index in [0.29, 0.717) is 5.56 Å². The second-order valence-corrected chi connectivity index (χ2v) is 4.07. The molecule has 3 N–H and O–H groups in total. The molecule has 2 rings (SSSR count). The van der Waals surface area contributed by atoms with E-state index in [1.165, 1.54) is 6.07 Å². The average molecular weight is 273 g/mol. The summed E-state index contributed by atoms with van der Waals surface area (Å²) in [6.45, 7) is 0. The lowest BCUT2D eigenvalue weighted by Crippen LogP contribution is -1.98. The van der Waals surface area contributed by atoms with Crippen LogP contribution in [0.1, 0.15) is 0 Å². The molecule has 0 aliphatic heterocycles.